The zero-order valence-corrected chi connectivity index (χ0v) is 31.1. The van der Waals surface area contributed by atoms with Crippen molar-refractivity contribution >= 4 is 59.2 Å². The van der Waals surface area contributed by atoms with E-state index in [4.69, 9.17) is 0 Å². The highest BCUT2D eigenvalue weighted by Crippen LogP contribution is 2.55. The van der Waals surface area contributed by atoms with Crippen LogP contribution in [-0.2, 0) is 11.8 Å². The lowest BCUT2D eigenvalue weighted by atomic mass is 9.82. The number of fused-ring (bicyclic) bond motifs is 9. The molecule has 0 fully saturated rings. The highest BCUT2D eigenvalue weighted by atomic mass is 32.1. The van der Waals surface area contributed by atoms with Crippen LogP contribution in [0.25, 0.3) is 69.9 Å². The summed E-state index contributed by atoms with van der Waals surface area (Å²) in [5.74, 6) is 0.490. The maximum atomic E-state index is 3.97. The summed E-state index contributed by atoms with van der Waals surface area (Å²) in [7, 11) is 0. The van der Waals surface area contributed by atoms with E-state index in [0.29, 0.717) is 5.92 Å². The summed E-state index contributed by atoms with van der Waals surface area (Å²) >= 11 is 1.93. The number of hydrogen-bond acceptors (Lipinski definition) is 2. The fourth-order valence-corrected chi connectivity index (χ4v) is 10.5. The molecule has 0 radical (unpaired) electrons. The molecule has 1 unspecified atom stereocenters. The molecule has 1 atom stereocenters. The number of thiophene rings is 1. The van der Waals surface area contributed by atoms with Gasteiger partial charge in [0.25, 0.3) is 0 Å². The van der Waals surface area contributed by atoms with Crippen molar-refractivity contribution < 1.29 is 0 Å². The van der Waals surface area contributed by atoms with Crippen LogP contribution >= 0.6 is 11.3 Å². The smallest absolute Gasteiger partial charge is 0.0464 e. The van der Waals surface area contributed by atoms with Crippen molar-refractivity contribution in [3.8, 4) is 33.4 Å². The lowest BCUT2D eigenvalue weighted by Gasteiger charge is -2.23. The van der Waals surface area contributed by atoms with Crippen molar-refractivity contribution in [1.29, 1.82) is 0 Å². The Balaban J connectivity index is 1.04. The minimum atomic E-state index is -0.101. The van der Waals surface area contributed by atoms with Crippen LogP contribution in [0.4, 0.5) is 11.4 Å². The van der Waals surface area contributed by atoms with Gasteiger partial charge in [-0.1, -0.05) is 124 Å². The van der Waals surface area contributed by atoms with E-state index in [2.05, 4.69) is 172 Å². The number of allylic oxidation sites excluding steroid dienone is 4. The normalized spacial score (nSPS) is 16.4. The second-order valence-electron chi connectivity index (χ2n) is 15.8. The monoisotopic (exact) mass is 697 g/mol. The SMILES string of the molecule is CC1CC=CC=C1c1ccc(Nc2ccc3c(c2)C(C)(C)c2ccc4c(sc5ccccc54)c2-3)c(-c2cc(-c3ccc4ccccc4c3)cc3c2C3)c1. The first kappa shape index (κ1) is 30.9. The van der Waals surface area contributed by atoms with Crippen LogP contribution in [-0.4, -0.2) is 0 Å². The number of anilines is 2. The Morgan fingerprint density at radius 1 is 0.660 bits per heavy atom. The molecule has 3 aliphatic carbocycles. The van der Waals surface area contributed by atoms with E-state index in [9.17, 15) is 0 Å². The van der Waals surface area contributed by atoms with Gasteiger partial charge in [-0.05, 0) is 128 Å². The van der Waals surface area contributed by atoms with Gasteiger partial charge in [-0.15, -0.1) is 11.3 Å². The van der Waals surface area contributed by atoms with E-state index < -0.39 is 0 Å². The molecule has 8 aromatic rings. The van der Waals surface area contributed by atoms with Gasteiger partial charge in [0, 0.05) is 48.1 Å². The zero-order valence-electron chi connectivity index (χ0n) is 30.3. The maximum absolute atomic E-state index is 3.97. The molecular weight excluding hydrogens is 659 g/mol. The third-order valence-electron chi connectivity index (χ3n) is 12.2. The Kier molecular flexibility index (Phi) is 6.64. The van der Waals surface area contributed by atoms with Crippen molar-refractivity contribution in [2.45, 2.75) is 39.0 Å². The fraction of sp³-hybridized carbons (Fsp3) is 0.137. The largest absolute Gasteiger partial charge is 0.355 e. The Bertz CT molecular complexity index is 2910. The second kappa shape index (κ2) is 11.4. The Morgan fingerprint density at radius 3 is 2.40 bits per heavy atom. The van der Waals surface area contributed by atoms with Gasteiger partial charge in [0.15, 0.2) is 0 Å². The topological polar surface area (TPSA) is 12.0 Å². The minimum absolute atomic E-state index is 0.101. The predicted molar refractivity (Wildman–Crippen MR) is 229 cm³/mol. The number of hydrogen-bond donors (Lipinski definition) is 1. The fourth-order valence-electron chi connectivity index (χ4n) is 9.22. The highest BCUT2D eigenvalue weighted by Gasteiger charge is 2.37. The van der Waals surface area contributed by atoms with Gasteiger partial charge in [-0.3, -0.25) is 0 Å². The summed E-state index contributed by atoms with van der Waals surface area (Å²) in [6.45, 7) is 7.13. The van der Waals surface area contributed by atoms with E-state index in [1.165, 1.54) is 97.7 Å². The Labute approximate surface area is 315 Å². The Morgan fingerprint density at radius 2 is 1.49 bits per heavy atom. The van der Waals surface area contributed by atoms with Crippen molar-refractivity contribution in [1.82, 2.24) is 0 Å². The summed E-state index contributed by atoms with van der Waals surface area (Å²) in [4.78, 5) is 0. The van der Waals surface area contributed by atoms with Crippen molar-refractivity contribution in [3.05, 3.63) is 173 Å². The minimum Gasteiger partial charge on any atom is -0.355 e. The van der Waals surface area contributed by atoms with Gasteiger partial charge in [0.1, 0.15) is 0 Å². The van der Waals surface area contributed by atoms with E-state index >= 15 is 0 Å². The molecule has 0 saturated carbocycles. The van der Waals surface area contributed by atoms with Gasteiger partial charge in [0.2, 0.25) is 0 Å². The summed E-state index contributed by atoms with van der Waals surface area (Å²) in [5, 5.41) is 9.25. The van der Waals surface area contributed by atoms with Gasteiger partial charge in [-0.2, -0.15) is 0 Å². The molecule has 1 N–H and O–H groups in total. The molecule has 0 aliphatic heterocycles. The molecule has 1 aromatic heterocycles. The Hall–Kier alpha value is -5.70. The first-order valence-electron chi connectivity index (χ1n) is 18.9. The van der Waals surface area contributed by atoms with Crippen LogP contribution in [0.1, 0.15) is 55.0 Å². The molecule has 53 heavy (non-hydrogen) atoms. The van der Waals surface area contributed by atoms with Crippen LogP contribution in [0.3, 0.4) is 0 Å². The van der Waals surface area contributed by atoms with Gasteiger partial charge in [-0.25, -0.2) is 0 Å². The molecule has 1 nitrogen and oxygen atoms in total. The van der Waals surface area contributed by atoms with Crippen LogP contribution in [0, 0.1) is 5.92 Å². The van der Waals surface area contributed by atoms with E-state index in [0.717, 1.165) is 24.2 Å². The lowest BCUT2D eigenvalue weighted by molar-refractivity contribution is 0.661. The average molecular weight is 698 g/mol. The van der Waals surface area contributed by atoms with Crippen molar-refractivity contribution in [2.75, 3.05) is 5.32 Å². The molecule has 3 aliphatic rings. The molecule has 0 bridgehead atoms. The zero-order chi connectivity index (χ0) is 35.4. The predicted octanol–water partition coefficient (Wildman–Crippen LogP) is 14.5. The summed E-state index contributed by atoms with van der Waals surface area (Å²) in [6.07, 6.45) is 8.95. The molecule has 11 rings (SSSR count). The van der Waals surface area contributed by atoms with Crippen molar-refractivity contribution in [3.63, 3.8) is 0 Å². The quantitative estimate of drug-likeness (QED) is 0.189. The average Bonchev–Trinajstić information content (AvgIpc) is 3.82. The first-order chi connectivity index (χ1) is 25.9. The first-order valence-corrected chi connectivity index (χ1v) is 19.8. The summed E-state index contributed by atoms with van der Waals surface area (Å²) in [6, 6.07) is 48.1. The summed E-state index contributed by atoms with van der Waals surface area (Å²) < 4.78 is 2.76. The third-order valence-corrected chi connectivity index (χ3v) is 13.4. The van der Waals surface area contributed by atoms with Crippen LogP contribution in [0.15, 0.2) is 146 Å². The van der Waals surface area contributed by atoms with E-state index in [-0.39, 0.29) is 5.41 Å². The molecule has 2 heteroatoms. The molecular formula is C51H39NS. The number of benzene rings is 7. The molecule has 0 saturated heterocycles. The molecule has 7 aromatic carbocycles. The number of nitrogens with one attached hydrogen (secondary N) is 1. The van der Waals surface area contributed by atoms with Gasteiger partial charge >= 0.3 is 0 Å². The second-order valence-corrected chi connectivity index (χ2v) is 16.9. The van der Waals surface area contributed by atoms with Gasteiger partial charge in [0.05, 0.1) is 0 Å². The van der Waals surface area contributed by atoms with Crippen molar-refractivity contribution in [2.24, 2.45) is 5.92 Å². The summed E-state index contributed by atoms with van der Waals surface area (Å²) in [5.41, 5.74) is 18.6. The molecule has 1 heterocycles. The maximum Gasteiger partial charge on any atom is 0.0464 e. The van der Waals surface area contributed by atoms with E-state index in [1.54, 1.807) is 0 Å². The van der Waals surface area contributed by atoms with E-state index in [1.807, 2.05) is 11.3 Å². The molecule has 254 valence electrons. The van der Waals surface area contributed by atoms with Crippen LogP contribution in [0.5, 0.6) is 0 Å². The molecule has 0 spiro atoms. The lowest BCUT2D eigenvalue weighted by Crippen LogP contribution is -2.15. The molecule has 0 amide bonds. The third kappa shape index (κ3) is 4.82. The van der Waals surface area contributed by atoms with Crippen LogP contribution in [0.2, 0.25) is 0 Å². The van der Waals surface area contributed by atoms with Crippen LogP contribution < -0.4 is 5.32 Å². The number of rotatable bonds is 5. The highest BCUT2D eigenvalue weighted by molar-refractivity contribution is 7.26. The van der Waals surface area contributed by atoms with Gasteiger partial charge < -0.3 is 5.32 Å². The standard InChI is InChI=1S/C51H39NS/c1-30-10-4-7-13-38(30)34-18-23-47(44(26-34)43-27-35(25-36-28-42(36)43)33-17-16-31-11-5-6-12-32(31)24-33)52-37-19-20-41-46(29-37)51(2,3)45-22-21-40-39-14-8-9-15-48(39)53-50(40)49(41)45/h4-9,11-27,29-30,52H,10,28H2,1-3H3.